The second-order valence-electron chi connectivity index (χ2n) is 4.14. The van der Waals surface area contributed by atoms with Crippen molar-refractivity contribution in [3.63, 3.8) is 0 Å². The van der Waals surface area contributed by atoms with Crippen molar-refractivity contribution >= 4 is 15.8 Å². The van der Waals surface area contributed by atoms with Gasteiger partial charge in [0.25, 0.3) is 0 Å². The molecule has 0 bridgehead atoms. The normalized spacial score (nSPS) is 12.4. The highest BCUT2D eigenvalue weighted by molar-refractivity contribution is 7.96. The summed E-state index contributed by atoms with van der Waals surface area (Å²) in [6, 6.07) is 7.75. The zero-order valence-corrected chi connectivity index (χ0v) is 12.4. The van der Waals surface area contributed by atoms with Crippen molar-refractivity contribution in [3.8, 4) is 0 Å². The number of esters is 1. The maximum Gasteiger partial charge on any atom is 0.349 e. The summed E-state index contributed by atoms with van der Waals surface area (Å²) in [4.78, 5) is 13.1. The number of carbonyl (C=O) groups excluding carboxylic acids is 1. The minimum atomic E-state index is -3.89. The largest absolute Gasteiger partial charge is 0.465 e. The predicted octanol–water partition coefficient (Wildman–Crippen LogP) is 1.59. The third-order valence-corrected chi connectivity index (χ3v) is 4.14. The Morgan fingerprint density at radius 3 is 2.30 bits per heavy atom. The van der Waals surface area contributed by atoms with Crippen molar-refractivity contribution in [2.45, 2.75) is 4.90 Å². The summed E-state index contributed by atoms with van der Waals surface area (Å²) in [5.41, 5.74) is 0. The van der Waals surface area contributed by atoms with Crippen LogP contribution in [0, 0.1) is 0 Å². The zero-order chi connectivity index (χ0) is 15.2. The van der Waals surface area contributed by atoms with Gasteiger partial charge in [0, 0.05) is 14.1 Å². The molecule has 0 fully saturated rings. The molecule has 0 aliphatic heterocycles. The quantitative estimate of drug-likeness (QED) is 0.469. The third kappa shape index (κ3) is 3.96. The van der Waals surface area contributed by atoms with Crippen LogP contribution in [0.1, 0.15) is 0 Å². The van der Waals surface area contributed by atoms with Crippen molar-refractivity contribution in [3.05, 3.63) is 53.6 Å². The molecule has 0 saturated heterocycles. The number of nitrogens with zero attached hydrogens (tertiary/aromatic N) is 1. The molecule has 0 amide bonds. The van der Waals surface area contributed by atoms with E-state index in [-0.39, 0.29) is 4.90 Å². The molecule has 1 aromatic carbocycles. The van der Waals surface area contributed by atoms with Gasteiger partial charge in [0.15, 0.2) is 4.91 Å². The van der Waals surface area contributed by atoms with Crippen LogP contribution in [0.4, 0.5) is 0 Å². The van der Waals surface area contributed by atoms with E-state index < -0.39 is 20.7 Å². The number of ether oxygens (including phenoxy) is 1. The van der Waals surface area contributed by atoms with E-state index in [1.54, 1.807) is 43.4 Å². The van der Waals surface area contributed by atoms with Crippen molar-refractivity contribution < 1.29 is 17.9 Å². The van der Waals surface area contributed by atoms with Gasteiger partial charge < -0.3 is 9.64 Å². The Balaban J connectivity index is 3.28. The van der Waals surface area contributed by atoms with E-state index in [9.17, 15) is 13.2 Å². The van der Waals surface area contributed by atoms with Gasteiger partial charge >= 0.3 is 5.97 Å². The lowest BCUT2D eigenvalue weighted by molar-refractivity contribution is -0.135. The lowest BCUT2D eigenvalue weighted by atomic mass is 10.4. The van der Waals surface area contributed by atoms with Crippen LogP contribution < -0.4 is 0 Å². The number of carbonyl (C=O) groups is 1. The molecule has 0 aliphatic carbocycles. The Hall–Kier alpha value is -2.08. The van der Waals surface area contributed by atoms with Crippen LogP contribution in [-0.4, -0.2) is 40.5 Å². The smallest absolute Gasteiger partial charge is 0.349 e. The summed E-state index contributed by atoms with van der Waals surface area (Å²) >= 11 is 0. The molecule has 0 spiro atoms. The number of methoxy groups -OCH3 is 1. The number of rotatable bonds is 5. The van der Waals surface area contributed by atoms with Crippen molar-refractivity contribution in [2.75, 3.05) is 21.2 Å². The lowest BCUT2D eigenvalue weighted by Gasteiger charge is -2.07. The molecule has 1 aromatic rings. The van der Waals surface area contributed by atoms with Gasteiger partial charge in [0.05, 0.1) is 12.0 Å². The van der Waals surface area contributed by atoms with Gasteiger partial charge in [-0.1, -0.05) is 18.2 Å². The van der Waals surface area contributed by atoms with Crippen molar-refractivity contribution in [1.82, 2.24) is 4.90 Å². The molecule has 0 radical (unpaired) electrons. The molecule has 0 N–H and O–H groups in total. The minimum Gasteiger partial charge on any atom is -0.465 e. The average Bonchev–Trinajstić information content (AvgIpc) is 2.43. The highest BCUT2D eigenvalue weighted by Crippen LogP contribution is 2.20. The Kier molecular flexibility index (Phi) is 5.52. The Morgan fingerprint density at radius 2 is 1.80 bits per heavy atom. The SMILES string of the molecule is COC(=O)C(=CC=CN(C)C)S(=O)(=O)c1ccccc1. The highest BCUT2D eigenvalue weighted by atomic mass is 32.2. The Bertz CT molecular complexity index is 616. The predicted molar refractivity (Wildman–Crippen MR) is 76.6 cm³/mol. The number of allylic oxidation sites excluding steroid dienone is 2. The van der Waals surface area contributed by atoms with Gasteiger partial charge in [0.2, 0.25) is 9.84 Å². The summed E-state index contributed by atoms with van der Waals surface area (Å²) in [7, 11) is 0.823. The molecule has 0 aliphatic rings. The topological polar surface area (TPSA) is 63.7 Å². The average molecular weight is 295 g/mol. The molecular formula is C14H17NO4S. The first kappa shape index (κ1) is 16.0. The van der Waals surface area contributed by atoms with Crippen LogP contribution in [0.2, 0.25) is 0 Å². The van der Waals surface area contributed by atoms with Crippen LogP contribution >= 0.6 is 0 Å². The van der Waals surface area contributed by atoms with Crippen LogP contribution in [0.15, 0.2) is 58.5 Å². The number of hydrogen-bond donors (Lipinski definition) is 0. The van der Waals surface area contributed by atoms with E-state index in [1.165, 1.54) is 24.3 Å². The monoisotopic (exact) mass is 295 g/mol. The number of sulfone groups is 1. The molecule has 6 heteroatoms. The molecule has 0 heterocycles. The van der Waals surface area contributed by atoms with Gasteiger partial charge in [-0.15, -0.1) is 0 Å². The molecule has 0 saturated carbocycles. The second kappa shape index (κ2) is 6.91. The maximum absolute atomic E-state index is 12.4. The lowest BCUT2D eigenvalue weighted by Crippen LogP contribution is -2.15. The summed E-state index contributed by atoms with van der Waals surface area (Å²) in [5, 5.41) is 0. The van der Waals surface area contributed by atoms with Crippen molar-refractivity contribution in [1.29, 1.82) is 0 Å². The molecule has 20 heavy (non-hydrogen) atoms. The molecule has 0 unspecified atom stereocenters. The summed E-state index contributed by atoms with van der Waals surface area (Å²) in [6.07, 6.45) is 4.34. The van der Waals surface area contributed by atoms with E-state index in [1.807, 2.05) is 0 Å². The highest BCUT2D eigenvalue weighted by Gasteiger charge is 2.26. The fourth-order valence-electron chi connectivity index (χ4n) is 1.40. The maximum atomic E-state index is 12.4. The van der Waals surface area contributed by atoms with Crippen LogP contribution in [0.5, 0.6) is 0 Å². The van der Waals surface area contributed by atoms with Crippen LogP contribution in [0.25, 0.3) is 0 Å². The first-order valence-corrected chi connectivity index (χ1v) is 7.31. The summed E-state index contributed by atoms with van der Waals surface area (Å²) < 4.78 is 29.3. The molecular weight excluding hydrogens is 278 g/mol. The molecule has 5 nitrogen and oxygen atoms in total. The van der Waals surface area contributed by atoms with Crippen molar-refractivity contribution in [2.24, 2.45) is 0 Å². The fourth-order valence-corrected chi connectivity index (χ4v) is 2.73. The molecule has 0 atom stereocenters. The van der Waals surface area contributed by atoms with E-state index in [0.717, 1.165) is 7.11 Å². The molecule has 0 aromatic heterocycles. The van der Waals surface area contributed by atoms with Gasteiger partial charge in [-0.2, -0.15) is 0 Å². The van der Waals surface area contributed by atoms with Gasteiger partial charge in [-0.3, -0.25) is 0 Å². The first-order chi connectivity index (χ1) is 9.39. The van der Waals surface area contributed by atoms with Crippen LogP contribution in [0.3, 0.4) is 0 Å². The zero-order valence-electron chi connectivity index (χ0n) is 11.6. The fraction of sp³-hybridized carbons (Fsp3) is 0.214. The number of benzene rings is 1. The second-order valence-corrected chi connectivity index (χ2v) is 6.06. The standard InChI is InChI=1S/C14H17NO4S/c1-15(2)11-7-10-13(14(16)19-3)20(17,18)12-8-5-4-6-9-12/h4-11H,1-3H3. The first-order valence-electron chi connectivity index (χ1n) is 5.83. The van der Waals surface area contributed by atoms with Gasteiger partial charge in [0.1, 0.15) is 0 Å². The third-order valence-electron chi connectivity index (χ3n) is 2.36. The Morgan fingerprint density at radius 1 is 1.20 bits per heavy atom. The molecule has 108 valence electrons. The van der Waals surface area contributed by atoms with E-state index in [4.69, 9.17) is 0 Å². The molecule has 1 rings (SSSR count). The van der Waals surface area contributed by atoms with E-state index in [2.05, 4.69) is 4.74 Å². The summed E-state index contributed by atoms with van der Waals surface area (Å²) in [6.45, 7) is 0. The van der Waals surface area contributed by atoms with Gasteiger partial charge in [-0.05, 0) is 30.5 Å². The van der Waals surface area contributed by atoms with Gasteiger partial charge in [-0.25, -0.2) is 13.2 Å². The van der Waals surface area contributed by atoms with E-state index in [0.29, 0.717) is 0 Å². The Labute approximate surface area is 119 Å². The number of hydrogen-bond acceptors (Lipinski definition) is 5. The summed E-state index contributed by atoms with van der Waals surface area (Å²) in [5.74, 6) is -0.891. The van der Waals surface area contributed by atoms with Crippen LogP contribution in [-0.2, 0) is 19.4 Å². The van der Waals surface area contributed by atoms with E-state index >= 15 is 0 Å². The minimum absolute atomic E-state index is 0.0508.